The molecule has 1 fully saturated rings. The summed E-state index contributed by atoms with van der Waals surface area (Å²) in [6.45, 7) is 2.78. The molecule has 1 aliphatic heterocycles. The molecule has 6 nitrogen and oxygen atoms in total. The van der Waals surface area contributed by atoms with E-state index >= 15 is 0 Å². The van der Waals surface area contributed by atoms with Crippen LogP contribution >= 0.6 is 0 Å². The van der Waals surface area contributed by atoms with Gasteiger partial charge in [0, 0.05) is 12.6 Å². The largest absolute Gasteiger partial charge is 0.461 e. The summed E-state index contributed by atoms with van der Waals surface area (Å²) < 4.78 is 10.5. The lowest BCUT2D eigenvalue weighted by atomic mass is 10.2. The Kier molecular flexibility index (Phi) is 3.61. The first-order valence-electron chi connectivity index (χ1n) is 6.59. The molecular formula is C13H18N4O2. The molecule has 1 unspecified atom stereocenters. The van der Waals surface area contributed by atoms with Crippen LogP contribution in [0, 0.1) is 0 Å². The molecule has 1 aliphatic rings. The SMILES string of the molecule is CN(Cc1nc(-c2ccco2)no1)CC1CCCN1. The Balaban J connectivity index is 1.57. The molecule has 0 amide bonds. The van der Waals surface area contributed by atoms with Crippen molar-refractivity contribution in [2.24, 2.45) is 0 Å². The molecule has 2 aromatic rings. The van der Waals surface area contributed by atoms with Gasteiger partial charge in [0.2, 0.25) is 11.7 Å². The molecule has 0 bridgehead atoms. The summed E-state index contributed by atoms with van der Waals surface area (Å²) in [7, 11) is 2.07. The van der Waals surface area contributed by atoms with E-state index in [1.165, 1.54) is 12.8 Å². The van der Waals surface area contributed by atoms with E-state index in [9.17, 15) is 0 Å². The smallest absolute Gasteiger partial charge is 0.241 e. The number of nitrogens with one attached hydrogen (secondary N) is 1. The second kappa shape index (κ2) is 5.54. The Labute approximate surface area is 111 Å². The maximum atomic E-state index is 5.24. The van der Waals surface area contributed by atoms with Gasteiger partial charge in [-0.15, -0.1) is 0 Å². The molecule has 1 N–H and O–H groups in total. The fraction of sp³-hybridized carbons (Fsp3) is 0.538. The van der Waals surface area contributed by atoms with Gasteiger partial charge in [0.25, 0.3) is 0 Å². The van der Waals surface area contributed by atoms with Crippen LogP contribution in [0.3, 0.4) is 0 Å². The lowest BCUT2D eigenvalue weighted by Crippen LogP contribution is -2.35. The standard InChI is InChI=1S/C13H18N4O2/c1-17(8-10-4-2-6-14-10)9-12-15-13(16-19-12)11-5-3-7-18-11/h3,5,7,10,14H,2,4,6,8-9H2,1H3. The number of rotatable bonds is 5. The van der Waals surface area contributed by atoms with Gasteiger partial charge in [-0.3, -0.25) is 4.90 Å². The summed E-state index contributed by atoms with van der Waals surface area (Å²) in [5.41, 5.74) is 0. The van der Waals surface area contributed by atoms with Gasteiger partial charge in [0.15, 0.2) is 5.76 Å². The predicted octanol–water partition coefficient (Wildman–Crippen LogP) is 1.51. The second-order valence-electron chi connectivity index (χ2n) is 4.98. The molecule has 1 atom stereocenters. The van der Waals surface area contributed by atoms with Gasteiger partial charge in [-0.2, -0.15) is 4.98 Å². The van der Waals surface area contributed by atoms with E-state index in [0.29, 0.717) is 30.1 Å². The highest BCUT2D eigenvalue weighted by Gasteiger charge is 2.18. The lowest BCUT2D eigenvalue weighted by molar-refractivity contribution is 0.248. The molecule has 19 heavy (non-hydrogen) atoms. The minimum atomic E-state index is 0.507. The zero-order valence-electron chi connectivity index (χ0n) is 11.0. The number of hydrogen-bond donors (Lipinski definition) is 1. The predicted molar refractivity (Wildman–Crippen MR) is 69.4 cm³/mol. The van der Waals surface area contributed by atoms with Crippen molar-refractivity contribution in [3.05, 3.63) is 24.3 Å². The highest BCUT2D eigenvalue weighted by molar-refractivity contribution is 5.44. The van der Waals surface area contributed by atoms with Crippen molar-refractivity contribution < 1.29 is 8.94 Å². The van der Waals surface area contributed by atoms with Gasteiger partial charge in [0.1, 0.15) is 0 Å². The van der Waals surface area contributed by atoms with Crippen LogP contribution < -0.4 is 5.32 Å². The first-order valence-corrected chi connectivity index (χ1v) is 6.59. The maximum Gasteiger partial charge on any atom is 0.241 e. The van der Waals surface area contributed by atoms with Gasteiger partial charge in [-0.1, -0.05) is 5.16 Å². The average molecular weight is 262 g/mol. The Hall–Kier alpha value is -1.66. The summed E-state index contributed by atoms with van der Waals surface area (Å²) in [6, 6.07) is 4.21. The summed E-state index contributed by atoms with van der Waals surface area (Å²) >= 11 is 0. The number of likely N-dealkylation sites (N-methyl/N-ethyl adjacent to an activating group) is 1. The van der Waals surface area contributed by atoms with Crippen LogP contribution in [-0.4, -0.2) is 41.2 Å². The third-order valence-electron chi connectivity index (χ3n) is 3.31. The third-order valence-corrected chi connectivity index (χ3v) is 3.31. The zero-order chi connectivity index (χ0) is 13.1. The zero-order valence-corrected chi connectivity index (χ0v) is 11.0. The molecular weight excluding hydrogens is 244 g/mol. The minimum absolute atomic E-state index is 0.507. The maximum absolute atomic E-state index is 5.24. The molecule has 0 aromatic carbocycles. The normalized spacial score (nSPS) is 19.4. The first kappa shape index (κ1) is 12.4. The van der Waals surface area contributed by atoms with Gasteiger partial charge in [-0.05, 0) is 38.6 Å². The average Bonchev–Trinajstić information content (AvgIpc) is 3.09. The van der Waals surface area contributed by atoms with E-state index in [-0.39, 0.29) is 0 Å². The van der Waals surface area contributed by atoms with Crippen LogP contribution in [0.5, 0.6) is 0 Å². The van der Waals surface area contributed by atoms with Crippen molar-refractivity contribution in [1.29, 1.82) is 0 Å². The Bertz CT molecular complexity index is 502. The van der Waals surface area contributed by atoms with Crippen LogP contribution in [0.4, 0.5) is 0 Å². The molecule has 6 heteroatoms. The van der Waals surface area contributed by atoms with E-state index < -0.39 is 0 Å². The van der Waals surface area contributed by atoms with E-state index in [1.54, 1.807) is 6.26 Å². The van der Waals surface area contributed by atoms with Gasteiger partial charge >= 0.3 is 0 Å². The van der Waals surface area contributed by atoms with Crippen LogP contribution in [-0.2, 0) is 6.54 Å². The number of nitrogens with zero attached hydrogens (tertiary/aromatic N) is 3. The van der Waals surface area contributed by atoms with E-state index in [2.05, 4.69) is 27.4 Å². The van der Waals surface area contributed by atoms with Crippen molar-refractivity contribution in [2.75, 3.05) is 20.1 Å². The van der Waals surface area contributed by atoms with Crippen molar-refractivity contribution in [3.63, 3.8) is 0 Å². The minimum Gasteiger partial charge on any atom is -0.461 e. The van der Waals surface area contributed by atoms with Crippen LogP contribution in [0.15, 0.2) is 27.3 Å². The van der Waals surface area contributed by atoms with Gasteiger partial charge in [0.05, 0.1) is 12.8 Å². The van der Waals surface area contributed by atoms with E-state index in [0.717, 1.165) is 13.1 Å². The first-order chi connectivity index (χ1) is 9.31. The summed E-state index contributed by atoms with van der Waals surface area (Å²) in [5.74, 6) is 1.76. The second-order valence-corrected chi connectivity index (χ2v) is 4.98. The van der Waals surface area contributed by atoms with Gasteiger partial charge < -0.3 is 14.3 Å². The quantitative estimate of drug-likeness (QED) is 0.881. The van der Waals surface area contributed by atoms with Crippen LogP contribution in [0.25, 0.3) is 11.6 Å². The summed E-state index contributed by atoms with van der Waals surface area (Å²) in [5, 5.41) is 7.40. The fourth-order valence-electron chi connectivity index (χ4n) is 2.41. The van der Waals surface area contributed by atoms with Crippen molar-refractivity contribution in [2.45, 2.75) is 25.4 Å². The third kappa shape index (κ3) is 3.02. The Morgan fingerprint density at radius 1 is 1.53 bits per heavy atom. The molecule has 0 spiro atoms. The van der Waals surface area contributed by atoms with Gasteiger partial charge in [-0.25, -0.2) is 0 Å². The highest BCUT2D eigenvalue weighted by atomic mass is 16.5. The topological polar surface area (TPSA) is 67.3 Å². The van der Waals surface area contributed by atoms with Crippen molar-refractivity contribution in [1.82, 2.24) is 20.4 Å². The highest BCUT2D eigenvalue weighted by Crippen LogP contribution is 2.16. The molecule has 102 valence electrons. The monoisotopic (exact) mass is 262 g/mol. The summed E-state index contributed by atoms with van der Waals surface area (Å²) in [4.78, 5) is 6.53. The number of hydrogen-bond acceptors (Lipinski definition) is 6. The summed E-state index contributed by atoms with van der Waals surface area (Å²) in [6.07, 6.45) is 4.11. The Morgan fingerprint density at radius 3 is 3.21 bits per heavy atom. The molecule has 3 rings (SSSR count). The number of furan rings is 1. The molecule has 1 saturated heterocycles. The molecule has 2 aromatic heterocycles. The van der Waals surface area contributed by atoms with Crippen molar-refractivity contribution in [3.8, 4) is 11.6 Å². The van der Waals surface area contributed by atoms with Crippen molar-refractivity contribution >= 4 is 0 Å². The Morgan fingerprint density at radius 2 is 2.47 bits per heavy atom. The fourth-order valence-corrected chi connectivity index (χ4v) is 2.41. The van der Waals surface area contributed by atoms with Crippen LogP contribution in [0.1, 0.15) is 18.7 Å². The molecule has 0 aliphatic carbocycles. The van der Waals surface area contributed by atoms with E-state index in [4.69, 9.17) is 8.94 Å². The molecule has 3 heterocycles. The lowest BCUT2D eigenvalue weighted by Gasteiger charge is -2.18. The number of aromatic nitrogens is 2. The van der Waals surface area contributed by atoms with E-state index in [1.807, 2.05) is 12.1 Å². The van der Waals surface area contributed by atoms with Crippen LogP contribution in [0.2, 0.25) is 0 Å². The molecule has 0 saturated carbocycles. The molecule has 0 radical (unpaired) electrons.